The number of hydrogen-bond acceptors (Lipinski definition) is 3. The quantitative estimate of drug-likeness (QED) is 0.624. The standard InChI is InChI=1S/C12H9BrO2S/c1-8-2-5-11(15-8)10(14)4-3-9-6-12(13)16-7-9/h2-7H,1H3/b4-3+. The fourth-order valence-electron chi connectivity index (χ4n) is 1.23. The number of halogens is 1. The summed E-state index contributed by atoms with van der Waals surface area (Å²) in [5.41, 5.74) is 1.01. The van der Waals surface area contributed by atoms with Crippen LogP contribution in [0.25, 0.3) is 6.08 Å². The number of carbonyl (C=O) groups excluding carboxylic acids is 1. The van der Waals surface area contributed by atoms with Gasteiger partial charge in [-0.25, -0.2) is 0 Å². The lowest BCUT2D eigenvalue weighted by molar-refractivity contribution is 0.102. The van der Waals surface area contributed by atoms with Crippen LogP contribution in [0.2, 0.25) is 0 Å². The van der Waals surface area contributed by atoms with Crippen LogP contribution in [0.1, 0.15) is 21.9 Å². The molecule has 0 saturated heterocycles. The molecule has 0 amide bonds. The van der Waals surface area contributed by atoms with Crippen molar-refractivity contribution >= 4 is 39.1 Å². The Bertz CT molecular complexity index is 537. The second-order valence-electron chi connectivity index (χ2n) is 3.29. The van der Waals surface area contributed by atoms with E-state index in [0.29, 0.717) is 5.76 Å². The van der Waals surface area contributed by atoms with Crippen LogP contribution in [0.4, 0.5) is 0 Å². The van der Waals surface area contributed by atoms with Crippen molar-refractivity contribution in [2.75, 3.05) is 0 Å². The Morgan fingerprint density at radius 1 is 1.50 bits per heavy atom. The third kappa shape index (κ3) is 2.71. The number of thiophene rings is 1. The van der Waals surface area contributed by atoms with Crippen molar-refractivity contribution in [1.82, 2.24) is 0 Å². The fourth-order valence-corrected chi connectivity index (χ4v) is 2.38. The molecule has 16 heavy (non-hydrogen) atoms. The monoisotopic (exact) mass is 296 g/mol. The Balaban J connectivity index is 2.10. The highest BCUT2D eigenvalue weighted by atomic mass is 79.9. The van der Waals surface area contributed by atoms with Gasteiger partial charge in [0.1, 0.15) is 5.76 Å². The van der Waals surface area contributed by atoms with E-state index in [2.05, 4.69) is 15.9 Å². The molecule has 2 nitrogen and oxygen atoms in total. The molecule has 2 heterocycles. The van der Waals surface area contributed by atoms with Crippen molar-refractivity contribution in [3.63, 3.8) is 0 Å². The first-order chi connectivity index (χ1) is 7.65. The van der Waals surface area contributed by atoms with Crippen molar-refractivity contribution in [2.24, 2.45) is 0 Å². The summed E-state index contributed by atoms with van der Waals surface area (Å²) in [6.07, 6.45) is 3.30. The summed E-state index contributed by atoms with van der Waals surface area (Å²) in [7, 11) is 0. The molecule has 2 aromatic heterocycles. The van der Waals surface area contributed by atoms with Crippen LogP contribution in [0.15, 0.2) is 37.9 Å². The van der Waals surface area contributed by atoms with Gasteiger partial charge in [0.05, 0.1) is 3.79 Å². The summed E-state index contributed by atoms with van der Waals surface area (Å²) in [6, 6.07) is 5.43. The van der Waals surface area contributed by atoms with Gasteiger partial charge in [0.15, 0.2) is 5.76 Å². The van der Waals surface area contributed by atoms with Crippen molar-refractivity contribution in [3.05, 3.63) is 50.5 Å². The van der Waals surface area contributed by atoms with E-state index in [1.807, 2.05) is 18.4 Å². The predicted molar refractivity (Wildman–Crippen MR) is 68.8 cm³/mol. The van der Waals surface area contributed by atoms with Gasteiger partial charge in [-0.2, -0.15) is 0 Å². The highest BCUT2D eigenvalue weighted by Crippen LogP contribution is 2.21. The Morgan fingerprint density at radius 2 is 2.31 bits per heavy atom. The molecule has 0 N–H and O–H groups in total. The Labute approximate surface area is 106 Å². The average molecular weight is 297 g/mol. The molecule has 0 aliphatic rings. The van der Waals surface area contributed by atoms with Crippen molar-refractivity contribution in [2.45, 2.75) is 6.92 Å². The topological polar surface area (TPSA) is 30.2 Å². The van der Waals surface area contributed by atoms with Gasteiger partial charge >= 0.3 is 0 Å². The Kier molecular flexibility index (Phi) is 3.41. The number of hydrogen-bond donors (Lipinski definition) is 0. The normalized spacial score (nSPS) is 11.1. The first kappa shape index (κ1) is 11.4. The molecule has 4 heteroatoms. The van der Waals surface area contributed by atoms with Crippen LogP contribution in [0.3, 0.4) is 0 Å². The predicted octanol–water partition coefficient (Wildman–Crippen LogP) is 4.31. The largest absolute Gasteiger partial charge is 0.458 e. The molecule has 0 aliphatic carbocycles. The Hall–Kier alpha value is -1.13. The molecule has 0 atom stereocenters. The van der Waals surface area contributed by atoms with E-state index in [4.69, 9.17) is 4.42 Å². The number of carbonyl (C=O) groups is 1. The van der Waals surface area contributed by atoms with Crippen LogP contribution in [0.5, 0.6) is 0 Å². The van der Waals surface area contributed by atoms with Crippen molar-refractivity contribution in [3.8, 4) is 0 Å². The minimum Gasteiger partial charge on any atom is -0.458 e. The minimum absolute atomic E-state index is 0.115. The zero-order valence-corrected chi connectivity index (χ0v) is 11.0. The molecule has 0 aliphatic heterocycles. The highest BCUT2D eigenvalue weighted by molar-refractivity contribution is 9.11. The summed E-state index contributed by atoms with van der Waals surface area (Å²) in [6.45, 7) is 1.82. The van der Waals surface area contributed by atoms with Gasteiger partial charge in [0, 0.05) is 0 Å². The molecule has 0 radical (unpaired) electrons. The molecule has 0 unspecified atom stereocenters. The molecular weight excluding hydrogens is 288 g/mol. The van der Waals surface area contributed by atoms with Crippen LogP contribution in [-0.2, 0) is 0 Å². The van der Waals surface area contributed by atoms with Crippen LogP contribution in [-0.4, -0.2) is 5.78 Å². The molecule has 0 aromatic carbocycles. The van der Waals surface area contributed by atoms with E-state index in [1.165, 1.54) is 6.08 Å². The molecule has 2 aromatic rings. The highest BCUT2D eigenvalue weighted by Gasteiger charge is 2.05. The van der Waals surface area contributed by atoms with Crippen LogP contribution >= 0.6 is 27.3 Å². The van der Waals surface area contributed by atoms with E-state index in [0.717, 1.165) is 15.1 Å². The van der Waals surface area contributed by atoms with Gasteiger partial charge in [-0.05, 0) is 58.1 Å². The maximum atomic E-state index is 11.6. The van der Waals surface area contributed by atoms with Gasteiger partial charge in [0.2, 0.25) is 5.78 Å². The smallest absolute Gasteiger partial charge is 0.221 e. The maximum Gasteiger partial charge on any atom is 0.221 e. The zero-order valence-electron chi connectivity index (χ0n) is 8.57. The van der Waals surface area contributed by atoms with E-state index in [1.54, 1.807) is 29.5 Å². The number of ketones is 1. The average Bonchev–Trinajstić information content (AvgIpc) is 2.84. The van der Waals surface area contributed by atoms with Gasteiger partial charge in [-0.15, -0.1) is 11.3 Å². The Morgan fingerprint density at radius 3 is 2.88 bits per heavy atom. The summed E-state index contributed by atoms with van der Waals surface area (Å²) in [5.74, 6) is 1.01. The molecule has 82 valence electrons. The first-order valence-corrected chi connectivity index (χ1v) is 6.35. The number of aryl methyl sites for hydroxylation is 1. The first-order valence-electron chi connectivity index (χ1n) is 4.68. The molecule has 2 rings (SSSR count). The lowest BCUT2D eigenvalue weighted by atomic mass is 10.2. The molecule has 0 spiro atoms. The number of rotatable bonds is 3. The summed E-state index contributed by atoms with van der Waals surface area (Å²) in [5, 5.41) is 1.97. The molecular formula is C12H9BrO2S. The van der Waals surface area contributed by atoms with Gasteiger partial charge in [-0.1, -0.05) is 6.08 Å². The van der Waals surface area contributed by atoms with E-state index >= 15 is 0 Å². The lowest BCUT2D eigenvalue weighted by Crippen LogP contribution is -1.90. The third-order valence-electron chi connectivity index (χ3n) is 2.00. The SMILES string of the molecule is Cc1ccc(C(=O)/C=C/c2csc(Br)c2)o1. The molecule has 0 fully saturated rings. The number of allylic oxidation sites excluding steroid dienone is 1. The van der Waals surface area contributed by atoms with Crippen LogP contribution < -0.4 is 0 Å². The maximum absolute atomic E-state index is 11.6. The van der Waals surface area contributed by atoms with Crippen molar-refractivity contribution in [1.29, 1.82) is 0 Å². The third-order valence-corrected chi connectivity index (χ3v) is 3.52. The summed E-state index contributed by atoms with van der Waals surface area (Å²) in [4.78, 5) is 11.6. The number of furan rings is 1. The van der Waals surface area contributed by atoms with Gasteiger partial charge in [0.25, 0.3) is 0 Å². The summed E-state index contributed by atoms with van der Waals surface area (Å²) < 4.78 is 6.28. The van der Waals surface area contributed by atoms with Gasteiger partial charge < -0.3 is 4.42 Å². The van der Waals surface area contributed by atoms with E-state index in [-0.39, 0.29) is 5.78 Å². The lowest BCUT2D eigenvalue weighted by Gasteiger charge is -1.88. The van der Waals surface area contributed by atoms with Crippen LogP contribution in [0, 0.1) is 6.92 Å². The molecule has 0 saturated carbocycles. The summed E-state index contributed by atoms with van der Waals surface area (Å²) >= 11 is 4.96. The van der Waals surface area contributed by atoms with E-state index < -0.39 is 0 Å². The van der Waals surface area contributed by atoms with E-state index in [9.17, 15) is 4.79 Å². The zero-order chi connectivity index (χ0) is 11.5. The minimum atomic E-state index is -0.115. The van der Waals surface area contributed by atoms with Gasteiger partial charge in [-0.3, -0.25) is 4.79 Å². The fraction of sp³-hybridized carbons (Fsp3) is 0.0833. The second kappa shape index (κ2) is 4.80. The second-order valence-corrected chi connectivity index (χ2v) is 5.58. The van der Waals surface area contributed by atoms with Crippen molar-refractivity contribution < 1.29 is 9.21 Å². The molecule has 0 bridgehead atoms.